The van der Waals surface area contributed by atoms with Gasteiger partial charge in [-0.15, -0.1) is 0 Å². The molecule has 2 heterocycles. The molecule has 0 amide bonds. The fraction of sp³-hybridized carbons (Fsp3) is 0.167. The summed E-state index contributed by atoms with van der Waals surface area (Å²) in [7, 11) is 1.33. The van der Waals surface area contributed by atoms with Crippen molar-refractivity contribution in [2.45, 2.75) is 26.0 Å². The van der Waals surface area contributed by atoms with Crippen molar-refractivity contribution >= 4 is 55.2 Å². The van der Waals surface area contributed by atoms with Gasteiger partial charge in [0.25, 0.3) is 5.56 Å². The SMILES string of the molecule is CCC1=C(C(=O)OC)[C@@H](c2ccccc2)n2c(s/c(=C\c3cc(Br)c(OCc4cccc(F)c4)c(Br)c3)c2=O)=N1. The number of ether oxygens (including phenoxy) is 2. The van der Waals surface area contributed by atoms with Crippen LogP contribution in [0.5, 0.6) is 5.75 Å². The number of methoxy groups -OCH3 is 1. The van der Waals surface area contributed by atoms with Crippen molar-refractivity contribution in [1.29, 1.82) is 0 Å². The van der Waals surface area contributed by atoms with Gasteiger partial charge in [-0.05, 0) is 85.3 Å². The standard InChI is InChI=1S/C30H23Br2FN2O4S/c1-3-23-25(29(37)38-2)26(19-9-5-4-6-10-19)35-28(36)24(40-30(35)34-23)15-18-13-21(31)27(22(32)14-18)39-16-17-8-7-11-20(33)12-17/h4-15,26H,3,16H2,1-2H3/b24-15-/t26-/m1/s1. The minimum absolute atomic E-state index is 0.189. The van der Waals surface area contributed by atoms with Crippen LogP contribution < -0.4 is 19.6 Å². The maximum absolute atomic E-state index is 13.8. The number of nitrogens with zero attached hydrogens (tertiary/aromatic N) is 2. The Hall–Kier alpha value is -3.34. The fourth-order valence-corrected chi connectivity index (χ4v) is 7.02. The first-order chi connectivity index (χ1) is 19.3. The van der Waals surface area contributed by atoms with Crippen molar-refractivity contribution in [3.63, 3.8) is 0 Å². The lowest BCUT2D eigenvalue weighted by molar-refractivity contribution is -0.136. The molecule has 1 aliphatic heterocycles. The van der Waals surface area contributed by atoms with Gasteiger partial charge in [-0.3, -0.25) is 9.36 Å². The number of aromatic nitrogens is 1. The number of benzene rings is 3. The van der Waals surface area contributed by atoms with E-state index in [0.717, 1.165) is 11.1 Å². The van der Waals surface area contributed by atoms with E-state index in [1.807, 2.05) is 49.4 Å². The minimum Gasteiger partial charge on any atom is -0.487 e. The van der Waals surface area contributed by atoms with Crippen LogP contribution in [0.4, 0.5) is 4.39 Å². The molecule has 204 valence electrons. The van der Waals surface area contributed by atoms with Crippen molar-refractivity contribution in [3.8, 4) is 5.75 Å². The van der Waals surface area contributed by atoms with Crippen molar-refractivity contribution in [3.05, 3.63) is 129 Å². The van der Waals surface area contributed by atoms with Crippen LogP contribution in [0, 0.1) is 5.82 Å². The maximum atomic E-state index is 13.8. The Morgan fingerprint density at radius 2 is 1.82 bits per heavy atom. The Bertz CT molecular complexity index is 1790. The number of hydrogen-bond donors (Lipinski definition) is 0. The molecule has 6 nitrogen and oxygen atoms in total. The number of rotatable bonds is 7. The average Bonchev–Trinajstić information content (AvgIpc) is 3.25. The van der Waals surface area contributed by atoms with Crippen molar-refractivity contribution in [2.24, 2.45) is 4.99 Å². The monoisotopic (exact) mass is 684 g/mol. The number of esters is 1. The summed E-state index contributed by atoms with van der Waals surface area (Å²) in [5, 5.41) is 0. The maximum Gasteiger partial charge on any atom is 0.338 e. The topological polar surface area (TPSA) is 69.9 Å². The summed E-state index contributed by atoms with van der Waals surface area (Å²) in [5.41, 5.74) is 2.95. The van der Waals surface area contributed by atoms with Crippen molar-refractivity contribution < 1.29 is 18.7 Å². The van der Waals surface area contributed by atoms with E-state index in [9.17, 15) is 14.0 Å². The van der Waals surface area contributed by atoms with Crippen LogP contribution in [0.3, 0.4) is 0 Å². The van der Waals surface area contributed by atoms with Gasteiger partial charge in [0.05, 0.1) is 37.9 Å². The first kappa shape index (κ1) is 28.2. The highest BCUT2D eigenvalue weighted by molar-refractivity contribution is 9.11. The average molecular weight is 686 g/mol. The van der Waals surface area contributed by atoms with Crippen molar-refractivity contribution in [1.82, 2.24) is 4.57 Å². The van der Waals surface area contributed by atoms with Crippen LogP contribution in [0.1, 0.15) is 36.1 Å². The second-order valence-corrected chi connectivity index (χ2v) is 11.6. The summed E-state index contributed by atoms with van der Waals surface area (Å²) in [5.74, 6) is -0.275. The molecular weight excluding hydrogens is 663 g/mol. The molecule has 5 rings (SSSR count). The number of fused-ring (bicyclic) bond motifs is 1. The number of thiazole rings is 1. The molecule has 1 atom stereocenters. The summed E-state index contributed by atoms with van der Waals surface area (Å²) >= 11 is 8.38. The van der Waals surface area contributed by atoms with E-state index >= 15 is 0 Å². The molecule has 4 aromatic rings. The lowest BCUT2D eigenvalue weighted by Gasteiger charge is -2.25. The minimum atomic E-state index is -0.654. The van der Waals surface area contributed by atoms with Gasteiger partial charge in [-0.25, -0.2) is 14.2 Å². The van der Waals surface area contributed by atoms with Crippen LogP contribution in [-0.4, -0.2) is 17.6 Å². The molecule has 0 saturated carbocycles. The molecule has 0 unspecified atom stereocenters. The summed E-state index contributed by atoms with van der Waals surface area (Å²) in [6.45, 7) is 2.11. The fourth-order valence-electron chi connectivity index (χ4n) is 4.55. The quantitative estimate of drug-likeness (QED) is 0.223. The third kappa shape index (κ3) is 5.61. The molecule has 0 radical (unpaired) electrons. The summed E-state index contributed by atoms with van der Waals surface area (Å²) in [4.78, 5) is 31.9. The van der Waals surface area contributed by atoms with Gasteiger partial charge in [-0.1, -0.05) is 60.7 Å². The van der Waals surface area contributed by atoms with Gasteiger partial charge in [0.1, 0.15) is 18.2 Å². The van der Waals surface area contributed by atoms with E-state index < -0.39 is 12.0 Å². The largest absolute Gasteiger partial charge is 0.487 e. The molecule has 0 bridgehead atoms. The van der Waals surface area contributed by atoms with Gasteiger partial charge in [0, 0.05) is 0 Å². The van der Waals surface area contributed by atoms with Crippen molar-refractivity contribution in [2.75, 3.05) is 7.11 Å². The zero-order valence-corrected chi connectivity index (χ0v) is 25.5. The molecule has 0 aliphatic carbocycles. The second kappa shape index (κ2) is 12.0. The van der Waals surface area contributed by atoms with Gasteiger partial charge < -0.3 is 9.47 Å². The zero-order chi connectivity index (χ0) is 28.4. The van der Waals surface area contributed by atoms with Gasteiger partial charge >= 0.3 is 5.97 Å². The molecule has 3 aromatic carbocycles. The molecule has 0 fully saturated rings. The smallest absolute Gasteiger partial charge is 0.338 e. The number of carbonyl (C=O) groups is 1. The molecule has 0 spiro atoms. The molecule has 10 heteroatoms. The number of hydrogen-bond acceptors (Lipinski definition) is 6. The first-order valence-corrected chi connectivity index (χ1v) is 14.7. The predicted octanol–water partition coefficient (Wildman–Crippen LogP) is 6.04. The van der Waals surface area contributed by atoms with Gasteiger partial charge in [0.2, 0.25) is 0 Å². The van der Waals surface area contributed by atoms with E-state index in [0.29, 0.717) is 47.3 Å². The van der Waals surface area contributed by atoms with Crippen LogP contribution in [0.25, 0.3) is 6.08 Å². The number of carbonyl (C=O) groups excluding carboxylic acids is 1. The Kier molecular flexibility index (Phi) is 8.48. The Balaban J connectivity index is 1.57. The zero-order valence-electron chi connectivity index (χ0n) is 21.5. The van der Waals surface area contributed by atoms with Crippen LogP contribution in [0.15, 0.2) is 96.7 Å². The Labute approximate surface area is 250 Å². The Morgan fingerprint density at radius 3 is 2.48 bits per heavy atom. The number of halogens is 3. The van der Waals surface area contributed by atoms with Crippen LogP contribution in [0.2, 0.25) is 0 Å². The van der Waals surface area contributed by atoms with Gasteiger partial charge in [-0.2, -0.15) is 0 Å². The molecular formula is C30H23Br2FN2O4S. The van der Waals surface area contributed by atoms with Crippen LogP contribution in [-0.2, 0) is 16.1 Å². The summed E-state index contributed by atoms with van der Waals surface area (Å²) in [6, 6.07) is 18.7. The predicted molar refractivity (Wildman–Crippen MR) is 159 cm³/mol. The normalized spacial score (nSPS) is 15.0. The third-order valence-corrected chi connectivity index (χ3v) is 8.52. The second-order valence-electron chi connectivity index (χ2n) is 8.93. The summed E-state index contributed by atoms with van der Waals surface area (Å²) in [6.07, 6.45) is 2.29. The first-order valence-electron chi connectivity index (χ1n) is 12.3. The van der Waals surface area contributed by atoms with E-state index in [1.54, 1.807) is 22.8 Å². The van der Waals surface area contributed by atoms with E-state index in [4.69, 9.17) is 14.5 Å². The van der Waals surface area contributed by atoms with E-state index in [1.165, 1.54) is 30.6 Å². The van der Waals surface area contributed by atoms with E-state index in [2.05, 4.69) is 31.9 Å². The molecule has 40 heavy (non-hydrogen) atoms. The molecule has 1 aliphatic rings. The molecule has 1 aromatic heterocycles. The highest BCUT2D eigenvalue weighted by Gasteiger charge is 2.33. The summed E-state index contributed by atoms with van der Waals surface area (Å²) < 4.78 is 27.9. The Morgan fingerprint density at radius 1 is 1.10 bits per heavy atom. The highest BCUT2D eigenvalue weighted by Crippen LogP contribution is 2.36. The lowest BCUT2D eigenvalue weighted by atomic mass is 9.95. The van der Waals surface area contributed by atoms with E-state index in [-0.39, 0.29) is 18.0 Å². The van der Waals surface area contributed by atoms with Gasteiger partial charge in [0.15, 0.2) is 4.80 Å². The third-order valence-electron chi connectivity index (χ3n) is 6.36. The highest BCUT2D eigenvalue weighted by atomic mass is 79.9. The van der Waals surface area contributed by atoms with Crippen LogP contribution >= 0.6 is 43.2 Å². The lowest BCUT2D eigenvalue weighted by Crippen LogP contribution is -2.40. The molecule has 0 saturated heterocycles. The number of allylic oxidation sites excluding steroid dienone is 1. The molecule has 0 N–H and O–H groups in total.